The molecule has 1 atom stereocenters. The number of aromatic nitrogens is 3. The van der Waals surface area contributed by atoms with Gasteiger partial charge in [0.25, 0.3) is 5.91 Å². The molecule has 1 amide bonds. The van der Waals surface area contributed by atoms with Crippen molar-refractivity contribution in [2.75, 3.05) is 0 Å². The molecule has 24 heavy (non-hydrogen) atoms. The van der Waals surface area contributed by atoms with Gasteiger partial charge in [0.05, 0.1) is 28.8 Å². The number of carbonyl (C=O) groups is 1. The molecule has 5 nitrogen and oxygen atoms in total. The number of imidazole rings is 1. The number of nitrogens with one attached hydrogen (secondary N) is 2. The Bertz CT molecular complexity index is 865. The summed E-state index contributed by atoms with van der Waals surface area (Å²) in [6, 6.07) is 7.60. The number of fused-ring (bicyclic) bond motifs is 1. The lowest BCUT2D eigenvalue weighted by molar-refractivity contribution is 0.0932. The molecule has 0 bridgehead atoms. The molecule has 6 heteroatoms. The Morgan fingerprint density at radius 3 is 2.92 bits per heavy atom. The number of nitrogens with zero attached hydrogens (tertiary/aromatic N) is 2. The van der Waals surface area contributed by atoms with E-state index in [0.717, 1.165) is 46.9 Å². The number of carbonyl (C=O) groups excluding carboxylic acids is 1. The Kier molecular flexibility index (Phi) is 3.90. The molecule has 122 valence electrons. The summed E-state index contributed by atoms with van der Waals surface area (Å²) in [6.07, 6.45) is 4.70. The van der Waals surface area contributed by atoms with Crippen molar-refractivity contribution in [3.8, 4) is 11.3 Å². The number of thiazole rings is 1. The molecule has 2 aromatic heterocycles. The van der Waals surface area contributed by atoms with E-state index in [1.807, 2.05) is 36.6 Å². The second kappa shape index (κ2) is 6.20. The molecule has 0 fully saturated rings. The standard InChI is InChI=1S/C18H18N4OS/c1-11-21-16(9-24-11)12-5-7-13(8-6-12)18(23)22-15-4-2-3-14-17(15)20-10-19-14/h5-10,15H,2-4H2,1H3,(H,19,20)(H,22,23). The Labute approximate surface area is 144 Å². The second-order valence-corrected chi connectivity index (χ2v) is 7.08. The van der Waals surface area contributed by atoms with Gasteiger partial charge in [-0.3, -0.25) is 4.79 Å². The maximum atomic E-state index is 12.5. The van der Waals surface area contributed by atoms with Gasteiger partial charge in [0.15, 0.2) is 0 Å². The van der Waals surface area contributed by atoms with Gasteiger partial charge in [-0.15, -0.1) is 11.3 Å². The van der Waals surface area contributed by atoms with Crippen molar-refractivity contribution in [1.29, 1.82) is 0 Å². The van der Waals surface area contributed by atoms with Crippen LogP contribution in [0.15, 0.2) is 36.0 Å². The molecule has 0 radical (unpaired) electrons. The van der Waals surface area contributed by atoms with Gasteiger partial charge in [-0.05, 0) is 38.3 Å². The highest BCUT2D eigenvalue weighted by atomic mass is 32.1. The smallest absolute Gasteiger partial charge is 0.251 e. The van der Waals surface area contributed by atoms with Crippen molar-refractivity contribution >= 4 is 17.2 Å². The molecule has 1 aliphatic rings. The van der Waals surface area contributed by atoms with E-state index in [2.05, 4.69) is 20.3 Å². The van der Waals surface area contributed by atoms with Crippen LogP contribution in [0.2, 0.25) is 0 Å². The van der Waals surface area contributed by atoms with E-state index in [0.29, 0.717) is 5.56 Å². The van der Waals surface area contributed by atoms with Gasteiger partial charge in [-0.1, -0.05) is 12.1 Å². The fourth-order valence-electron chi connectivity index (χ4n) is 3.12. The van der Waals surface area contributed by atoms with Crippen LogP contribution in [0.3, 0.4) is 0 Å². The summed E-state index contributed by atoms with van der Waals surface area (Å²) >= 11 is 1.63. The number of hydrogen-bond acceptors (Lipinski definition) is 4. The number of benzene rings is 1. The number of aromatic amines is 1. The van der Waals surface area contributed by atoms with E-state index in [4.69, 9.17) is 0 Å². The quantitative estimate of drug-likeness (QED) is 0.766. The highest BCUT2D eigenvalue weighted by Gasteiger charge is 2.24. The molecule has 0 saturated heterocycles. The molecule has 0 aliphatic heterocycles. The van der Waals surface area contributed by atoms with Crippen molar-refractivity contribution in [2.24, 2.45) is 0 Å². The van der Waals surface area contributed by atoms with Crippen LogP contribution in [0.1, 0.15) is 45.6 Å². The lowest BCUT2D eigenvalue weighted by Crippen LogP contribution is -2.31. The molecular formula is C18H18N4OS. The van der Waals surface area contributed by atoms with Crippen molar-refractivity contribution in [1.82, 2.24) is 20.3 Å². The normalized spacial score (nSPS) is 16.6. The average Bonchev–Trinajstić information content (AvgIpc) is 3.24. The molecule has 4 rings (SSSR count). The largest absolute Gasteiger partial charge is 0.348 e. The maximum absolute atomic E-state index is 12.5. The number of amides is 1. The molecule has 1 aliphatic carbocycles. The first-order valence-corrected chi connectivity index (χ1v) is 8.94. The van der Waals surface area contributed by atoms with E-state index in [9.17, 15) is 4.79 Å². The van der Waals surface area contributed by atoms with Crippen LogP contribution in [0.4, 0.5) is 0 Å². The zero-order chi connectivity index (χ0) is 16.5. The molecule has 3 aromatic rings. The van der Waals surface area contributed by atoms with Crippen LogP contribution >= 0.6 is 11.3 Å². The first kappa shape index (κ1) is 15.1. The zero-order valence-electron chi connectivity index (χ0n) is 13.4. The van der Waals surface area contributed by atoms with Gasteiger partial charge in [-0.2, -0.15) is 0 Å². The van der Waals surface area contributed by atoms with E-state index in [1.165, 1.54) is 0 Å². The summed E-state index contributed by atoms with van der Waals surface area (Å²) in [5, 5.41) is 6.18. The highest BCUT2D eigenvalue weighted by Crippen LogP contribution is 2.27. The third kappa shape index (κ3) is 2.85. The third-order valence-electron chi connectivity index (χ3n) is 4.37. The number of aryl methyl sites for hydroxylation is 2. The van der Waals surface area contributed by atoms with E-state index in [-0.39, 0.29) is 11.9 Å². The Morgan fingerprint density at radius 1 is 1.33 bits per heavy atom. The van der Waals surface area contributed by atoms with Crippen LogP contribution in [0.5, 0.6) is 0 Å². The van der Waals surface area contributed by atoms with E-state index >= 15 is 0 Å². The van der Waals surface area contributed by atoms with Crippen molar-refractivity contribution in [2.45, 2.75) is 32.2 Å². The Morgan fingerprint density at radius 2 is 2.17 bits per heavy atom. The second-order valence-electron chi connectivity index (χ2n) is 6.01. The highest BCUT2D eigenvalue weighted by molar-refractivity contribution is 7.09. The Hall–Kier alpha value is -2.47. The van der Waals surface area contributed by atoms with Gasteiger partial charge in [0.2, 0.25) is 0 Å². The van der Waals surface area contributed by atoms with E-state index < -0.39 is 0 Å². The molecule has 2 heterocycles. The fourth-order valence-corrected chi connectivity index (χ4v) is 3.74. The number of hydrogen-bond donors (Lipinski definition) is 2. The molecule has 1 unspecified atom stereocenters. The molecule has 2 N–H and O–H groups in total. The van der Waals surface area contributed by atoms with Gasteiger partial charge in [0, 0.05) is 22.2 Å². The zero-order valence-corrected chi connectivity index (χ0v) is 14.2. The summed E-state index contributed by atoms with van der Waals surface area (Å²) < 4.78 is 0. The first-order valence-electron chi connectivity index (χ1n) is 8.06. The van der Waals surface area contributed by atoms with Crippen LogP contribution in [0, 0.1) is 6.92 Å². The monoisotopic (exact) mass is 338 g/mol. The lowest BCUT2D eigenvalue weighted by atomic mass is 9.96. The van der Waals surface area contributed by atoms with Crippen LogP contribution < -0.4 is 5.32 Å². The summed E-state index contributed by atoms with van der Waals surface area (Å²) in [5.74, 6) is -0.0585. The molecule has 0 spiro atoms. The summed E-state index contributed by atoms with van der Waals surface area (Å²) in [6.45, 7) is 1.99. The molecule has 0 saturated carbocycles. The third-order valence-corrected chi connectivity index (χ3v) is 5.14. The minimum Gasteiger partial charge on any atom is -0.348 e. The molecule has 1 aromatic carbocycles. The van der Waals surface area contributed by atoms with Crippen LogP contribution in [-0.2, 0) is 6.42 Å². The summed E-state index contributed by atoms with van der Waals surface area (Å²) in [7, 11) is 0. The topological polar surface area (TPSA) is 70.7 Å². The predicted octanol–water partition coefficient (Wildman–Crippen LogP) is 3.65. The maximum Gasteiger partial charge on any atom is 0.251 e. The van der Waals surface area contributed by atoms with E-state index in [1.54, 1.807) is 17.7 Å². The van der Waals surface area contributed by atoms with Crippen molar-refractivity contribution < 1.29 is 4.79 Å². The minimum absolute atomic E-state index is 0.00614. The SMILES string of the molecule is Cc1nc(-c2ccc(C(=O)NC3CCCc4[nH]cnc43)cc2)cs1. The number of rotatable bonds is 3. The fraction of sp³-hybridized carbons (Fsp3) is 0.278. The summed E-state index contributed by atoms with van der Waals surface area (Å²) in [5.41, 5.74) is 4.76. The first-order chi connectivity index (χ1) is 11.7. The van der Waals surface area contributed by atoms with Gasteiger partial charge in [-0.25, -0.2) is 9.97 Å². The van der Waals surface area contributed by atoms with Crippen molar-refractivity contribution in [3.05, 3.63) is 57.9 Å². The minimum atomic E-state index is -0.0585. The summed E-state index contributed by atoms with van der Waals surface area (Å²) in [4.78, 5) is 24.5. The predicted molar refractivity (Wildman–Crippen MR) is 94.0 cm³/mol. The number of H-pyrrole nitrogens is 1. The average molecular weight is 338 g/mol. The Balaban J connectivity index is 1.49. The van der Waals surface area contributed by atoms with Gasteiger partial charge in [0.1, 0.15) is 0 Å². The lowest BCUT2D eigenvalue weighted by Gasteiger charge is -2.22. The van der Waals surface area contributed by atoms with Crippen LogP contribution in [-0.4, -0.2) is 20.9 Å². The van der Waals surface area contributed by atoms with Gasteiger partial charge >= 0.3 is 0 Å². The molecular weight excluding hydrogens is 320 g/mol. The van der Waals surface area contributed by atoms with Crippen LogP contribution in [0.25, 0.3) is 11.3 Å². The van der Waals surface area contributed by atoms with Crippen molar-refractivity contribution in [3.63, 3.8) is 0 Å². The van der Waals surface area contributed by atoms with Gasteiger partial charge < -0.3 is 10.3 Å².